The molecule has 1 unspecified atom stereocenters. The number of piperazine rings is 1. The van der Waals surface area contributed by atoms with Gasteiger partial charge >= 0.3 is 6.18 Å². The van der Waals surface area contributed by atoms with Crippen LogP contribution in [0.25, 0.3) is 0 Å². The standard InChI is InChI=1S/C28H35F3N6O2/c1-18-6-5-7-22-25(18)36(13-12-35-10-8-33(3)9-11-35)17-20-15-24(38)37(26(20)27(39)34(22)4)23-16-21(28(29,30)31)14-19(2)32-23/h5-7,14,16,20,26H,8-13,15,17H2,1-4H3/t20?,26-/m0/s1. The Labute approximate surface area is 227 Å². The van der Waals surface area contributed by atoms with Crippen LogP contribution in [-0.4, -0.2) is 92.5 Å². The number of para-hydroxylation sites is 1. The van der Waals surface area contributed by atoms with Crippen molar-refractivity contribution in [1.29, 1.82) is 0 Å². The van der Waals surface area contributed by atoms with Crippen molar-refractivity contribution in [3.8, 4) is 0 Å². The fourth-order valence-electron chi connectivity index (χ4n) is 6.04. The minimum absolute atomic E-state index is 0.0629. The van der Waals surface area contributed by atoms with E-state index in [0.717, 1.165) is 61.8 Å². The molecule has 11 heteroatoms. The molecular weight excluding hydrogens is 509 g/mol. The van der Waals surface area contributed by atoms with E-state index in [4.69, 9.17) is 0 Å². The van der Waals surface area contributed by atoms with E-state index in [1.54, 1.807) is 11.9 Å². The van der Waals surface area contributed by atoms with Crippen molar-refractivity contribution in [2.75, 3.05) is 74.6 Å². The Morgan fingerprint density at radius 1 is 1.00 bits per heavy atom. The quantitative estimate of drug-likeness (QED) is 0.590. The predicted octanol–water partition coefficient (Wildman–Crippen LogP) is 3.17. The summed E-state index contributed by atoms with van der Waals surface area (Å²) in [7, 11) is 3.79. The molecule has 3 aliphatic rings. The first-order valence-electron chi connectivity index (χ1n) is 13.3. The molecule has 2 amide bonds. The van der Waals surface area contributed by atoms with Crippen LogP contribution >= 0.6 is 0 Å². The molecule has 3 aliphatic heterocycles. The Kier molecular flexibility index (Phi) is 7.32. The molecular formula is C28H35F3N6O2. The first-order chi connectivity index (χ1) is 18.4. The van der Waals surface area contributed by atoms with E-state index in [2.05, 4.69) is 26.7 Å². The number of benzene rings is 1. The van der Waals surface area contributed by atoms with Gasteiger partial charge in [0.1, 0.15) is 11.9 Å². The summed E-state index contributed by atoms with van der Waals surface area (Å²) in [6.45, 7) is 9.42. The van der Waals surface area contributed by atoms with Gasteiger partial charge in [-0.15, -0.1) is 0 Å². The minimum atomic E-state index is -4.59. The summed E-state index contributed by atoms with van der Waals surface area (Å²) in [4.78, 5) is 41.3. The summed E-state index contributed by atoms with van der Waals surface area (Å²) in [5.74, 6) is -1.24. The van der Waals surface area contributed by atoms with E-state index < -0.39 is 23.7 Å². The van der Waals surface area contributed by atoms with E-state index in [0.29, 0.717) is 13.1 Å². The molecule has 8 nitrogen and oxygen atoms in total. The summed E-state index contributed by atoms with van der Waals surface area (Å²) < 4.78 is 40.9. The van der Waals surface area contributed by atoms with Crippen molar-refractivity contribution in [2.24, 2.45) is 5.92 Å². The third-order valence-corrected chi connectivity index (χ3v) is 8.16. The zero-order chi connectivity index (χ0) is 28.1. The molecule has 2 atom stereocenters. The highest BCUT2D eigenvalue weighted by molar-refractivity contribution is 6.10. The van der Waals surface area contributed by atoms with Gasteiger partial charge in [-0.1, -0.05) is 12.1 Å². The monoisotopic (exact) mass is 544 g/mol. The van der Waals surface area contributed by atoms with Gasteiger partial charge in [-0.25, -0.2) is 4.98 Å². The molecule has 0 aliphatic carbocycles. The maximum absolute atomic E-state index is 13.9. The molecule has 0 spiro atoms. The van der Waals surface area contributed by atoms with Crippen molar-refractivity contribution in [2.45, 2.75) is 32.5 Å². The van der Waals surface area contributed by atoms with E-state index in [-0.39, 0.29) is 29.7 Å². The Balaban J connectivity index is 1.51. The van der Waals surface area contributed by atoms with E-state index in [1.165, 1.54) is 11.8 Å². The zero-order valence-electron chi connectivity index (χ0n) is 22.8. The van der Waals surface area contributed by atoms with Gasteiger partial charge < -0.3 is 14.7 Å². The van der Waals surface area contributed by atoms with Crippen LogP contribution in [0.2, 0.25) is 0 Å². The number of halogens is 3. The van der Waals surface area contributed by atoms with Gasteiger partial charge in [0.15, 0.2) is 0 Å². The van der Waals surface area contributed by atoms with Crippen LogP contribution in [0.1, 0.15) is 23.2 Å². The normalized spacial score (nSPS) is 23.1. The van der Waals surface area contributed by atoms with Crippen LogP contribution in [0.15, 0.2) is 30.3 Å². The number of aryl methyl sites for hydroxylation is 2. The average Bonchev–Trinajstić information content (AvgIpc) is 3.20. The number of anilines is 3. The molecule has 5 rings (SSSR count). The van der Waals surface area contributed by atoms with Crippen molar-refractivity contribution < 1.29 is 22.8 Å². The van der Waals surface area contributed by atoms with Crippen LogP contribution in [0, 0.1) is 19.8 Å². The van der Waals surface area contributed by atoms with Crippen LogP contribution in [-0.2, 0) is 15.8 Å². The Bertz CT molecular complexity index is 1260. The second-order valence-electron chi connectivity index (χ2n) is 11.0. The molecule has 2 aromatic rings. The topological polar surface area (TPSA) is 63.2 Å². The lowest BCUT2D eigenvalue weighted by Gasteiger charge is -2.40. The molecule has 0 bridgehead atoms. The van der Waals surface area contributed by atoms with Crippen molar-refractivity contribution in [1.82, 2.24) is 14.8 Å². The van der Waals surface area contributed by atoms with Crippen molar-refractivity contribution in [3.63, 3.8) is 0 Å². The molecule has 2 fully saturated rings. The SMILES string of the molecule is Cc1cc(C(F)(F)F)cc(N2C(=O)CC3CN(CCN4CCN(C)CC4)c4c(C)cccc4N(C)C(=O)[C@H]32)n1. The highest BCUT2D eigenvalue weighted by Crippen LogP contribution is 2.41. The summed E-state index contributed by atoms with van der Waals surface area (Å²) in [5.41, 5.74) is 1.96. The molecule has 1 aromatic heterocycles. The highest BCUT2D eigenvalue weighted by Gasteiger charge is 2.49. The van der Waals surface area contributed by atoms with Crippen molar-refractivity contribution in [3.05, 3.63) is 47.2 Å². The van der Waals surface area contributed by atoms with Crippen molar-refractivity contribution >= 4 is 29.0 Å². The number of hydrogen-bond donors (Lipinski definition) is 0. The Hall–Kier alpha value is -3.18. The fraction of sp³-hybridized carbons (Fsp3) is 0.536. The molecule has 0 radical (unpaired) electrons. The molecule has 0 N–H and O–H groups in total. The number of fused-ring (bicyclic) bond motifs is 2. The second-order valence-corrected chi connectivity index (χ2v) is 11.0. The number of likely N-dealkylation sites (N-methyl/N-ethyl adjacent to an activating group) is 2. The molecule has 2 saturated heterocycles. The lowest BCUT2D eigenvalue weighted by molar-refractivity contribution is -0.137. The fourth-order valence-corrected chi connectivity index (χ4v) is 6.04. The summed E-state index contributed by atoms with van der Waals surface area (Å²) in [5, 5.41) is 0. The van der Waals surface area contributed by atoms with Gasteiger partial charge in [0, 0.05) is 70.9 Å². The van der Waals surface area contributed by atoms with E-state index >= 15 is 0 Å². The smallest absolute Gasteiger partial charge is 0.368 e. The maximum Gasteiger partial charge on any atom is 0.416 e. The lowest BCUT2D eigenvalue weighted by Crippen LogP contribution is -2.53. The number of carbonyl (C=O) groups excluding carboxylic acids is 2. The minimum Gasteiger partial charge on any atom is -0.368 e. The number of rotatable bonds is 4. The van der Waals surface area contributed by atoms with Gasteiger partial charge in [-0.2, -0.15) is 13.2 Å². The van der Waals surface area contributed by atoms with Gasteiger partial charge in [0.25, 0.3) is 0 Å². The maximum atomic E-state index is 13.9. The van der Waals surface area contributed by atoms with Crippen LogP contribution in [0.5, 0.6) is 0 Å². The Morgan fingerprint density at radius 2 is 1.72 bits per heavy atom. The number of aromatic nitrogens is 1. The second kappa shape index (κ2) is 10.4. The predicted molar refractivity (Wildman–Crippen MR) is 144 cm³/mol. The number of carbonyl (C=O) groups is 2. The third kappa shape index (κ3) is 5.34. The van der Waals surface area contributed by atoms with E-state index in [9.17, 15) is 22.8 Å². The molecule has 4 heterocycles. The van der Waals surface area contributed by atoms with Crippen LogP contribution in [0.3, 0.4) is 0 Å². The van der Waals surface area contributed by atoms with Gasteiger partial charge in [0.2, 0.25) is 11.8 Å². The number of pyridine rings is 1. The number of amides is 2. The van der Waals surface area contributed by atoms with Crippen LogP contribution < -0.4 is 14.7 Å². The number of alkyl halides is 3. The largest absolute Gasteiger partial charge is 0.416 e. The van der Waals surface area contributed by atoms with Gasteiger partial charge in [0.05, 0.1) is 16.9 Å². The average molecular weight is 545 g/mol. The molecule has 210 valence electrons. The van der Waals surface area contributed by atoms with Crippen LogP contribution in [0.4, 0.5) is 30.4 Å². The highest BCUT2D eigenvalue weighted by atomic mass is 19.4. The molecule has 1 aromatic carbocycles. The third-order valence-electron chi connectivity index (χ3n) is 8.16. The lowest BCUT2D eigenvalue weighted by atomic mass is 9.95. The van der Waals surface area contributed by atoms with Gasteiger partial charge in [-0.05, 0) is 44.7 Å². The Morgan fingerprint density at radius 3 is 2.41 bits per heavy atom. The van der Waals surface area contributed by atoms with Gasteiger partial charge in [-0.3, -0.25) is 19.4 Å². The molecule has 39 heavy (non-hydrogen) atoms. The molecule has 0 saturated carbocycles. The summed E-state index contributed by atoms with van der Waals surface area (Å²) in [6.07, 6.45) is -4.53. The summed E-state index contributed by atoms with van der Waals surface area (Å²) >= 11 is 0. The first kappa shape index (κ1) is 27.4. The number of hydrogen-bond acceptors (Lipinski definition) is 6. The number of nitrogens with zero attached hydrogens (tertiary/aromatic N) is 6. The van der Waals surface area contributed by atoms with E-state index in [1.807, 2.05) is 25.1 Å². The zero-order valence-corrected chi connectivity index (χ0v) is 22.8. The summed E-state index contributed by atoms with van der Waals surface area (Å²) in [6, 6.07) is 6.68. The first-order valence-corrected chi connectivity index (χ1v) is 13.3.